The van der Waals surface area contributed by atoms with E-state index in [1.807, 2.05) is 6.92 Å². The van der Waals surface area contributed by atoms with Crippen LogP contribution in [0.15, 0.2) is 0 Å². The van der Waals surface area contributed by atoms with E-state index < -0.39 is 6.10 Å². The molecule has 70 valence electrons. The minimum atomic E-state index is -0.446. The number of hydrogen-bond acceptors (Lipinski definition) is 2. The van der Waals surface area contributed by atoms with Crippen LogP contribution >= 0.6 is 0 Å². The average molecular weight is 171 g/mol. The molecule has 0 aromatic rings. The molecule has 3 nitrogen and oxygen atoms in total. The van der Waals surface area contributed by atoms with Gasteiger partial charge in [0.2, 0.25) is 5.91 Å². The van der Waals surface area contributed by atoms with Gasteiger partial charge in [-0.3, -0.25) is 4.79 Å². The number of nitrogens with zero attached hydrogens (tertiary/aromatic N) is 1. The van der Waals surface area contributed by atoms with E-state index in [0.717, 1.165) is 0 Å². The zero-order chi connectivity index (χ0) is 9.30. The van der Waals surface area contributed by atoms with Crippen LogP contribution in [0.25, 0.3) is 0 Å². The number of aliphatic hydroxyl groups is 1. The molecular formula is C9H17NO2. The Bertz CT molecular complexity index is 179. The summed E-state index contributed by atoms with van der Waals surface area (Å²) < 4.78 is 0. The van der Waals surface area contributed by atoms with Crippen LogP contribution in [0, 0.1) is 5.92 Å². The minimum absolute atomic E-state index is 0.0868. The van der Waals surface area contributed by atoms with Crippen molar-refractivity contribution in [3.63, 3.8) is 0 Å². The number of carbonyl (C=O) groups is 1. The molecule has 1 rings (SSSR count). The molecule has 0 unspecified atom stereocenters. The van der Waals surface area contributed by atoms with Crippen LogP contribution in [0.2, 0.25) is 0 Å². The van der Waals surface area contributed by atoms with E-state index in [1.165, 1.54) is 0 Å². The summed E-state index contributed by atoms with van der Waals surface area (Å²) in [5.74, 6) is 0.544. The third-order valence-corrected chi connectivity index (χ3v) is 2.59. The molecule has 0 aromatic carbocycles. The molecule has 2 atom stereocenters. The van der Waals surface area contributed by atoms with E-state index in [0.29, 0.717) is 18.9 Å². The van der Waals surface area contributed by atoms with Crippen molar-refractivity contribution in [1.29, 1.82) is 0 Å². The number of carbonyl (C=O) groups excluding carboxylic acids is 1. The quantitative estimate of drug-likeness (QED) is 0.661. The Morgan fingerprint density at radius 2 is 2.08 bits per heavy atom. The molecule has 0 radical (unpaired) electrons. The van der Waals surface area contributed by atoms with Gasteiger partial charge in [0.05, 0.1) is 12.5 Å². The van der Waals surface area contributed by atoms with Crippen LogP contribution in [0.5, 0.6) is 0 Å². The summed E-state index contributed by atoms with van der Waals surface area (Å²) in [4.78, 5) is 13.1. The highest BCUT2D eigenvalue weighted by Gasteiger charge is 2.32. The summed E-state index contributed by atoms with van der Waals surface area (Å²) in [5.41, 5.74) is 0. The molecule has 0 spiro atoms. The minimum Gasteiger partial charge on any atom is -0.391 e. The fourth-order valence-electron chi connectivity index (χ4n) is 1.47. The zero-order valence-electron chi connectivity index (χ0n) is 7.95. The maximum atomic E-state index is 11.3. The van der Waals surface area contributed by atoms with Crippen molar-refractivity contribution in [1.82, 2.24) is 4.90 Å². The Morgan fingerprint density at radius 3 is 2.42 bits per heavy atom. The number of hydrogen-bond donors (Lipinski definition) is 1. The molecule has 1 saturated heterocycles. The third-order valence-electron chi connectivity index (χ3n) is 2.59. The summed E-state index contributed by atoms with van der Waals surface area (Å²) in [6.45, 7) is 6.71. The lowest BCUT2D eigenvalue weighted by atomic mass is 10.1. The second kappa shape index (κ2) is 3.44. The van der Waals surface area contributed by atoms with Crippen molar-refractivity contribution >= 4 is 5.91 Å². The number of aliphatic hydroxyl groups excluding tert-OH is 1. The highest BCUT2D eigenvalue weighted by atomic mass is 16.3. The average Bonchev–Trinajstić information content (AvgIpc) is 2.28. The topological polar surface area (TPSA) is 40.5 Å². The van der Waals surface area contributed by atoms with E-state index in [-0.39, 0.29) is 11.9 Å². The number of β-amino-alcohol motifs (C(OH)–C–C–N with tert-alkyl or cyclic N) is 1. The number of amides is 1. The van der Waals surface area contributed by atoms with E-state index in [4.69, 9.17) is 0 Å². The fourth-order valence-corrected chi connectivity index (χ4v) is 1.47. The van der Waals surface area contributed by atoms with Gasteiger partial charge in [0.1, 0.15) is 0 Å². The van der Waals surface area contributed by atoms with E-state index >= 15 is 0 Å². The predicted molar refractivity (Wildman–Crippen MR) is 46.6 cm³/mol. The van der Waals surface area contributed by atoms with Crippen LogP contribution in [-0.4, -0.2) is 34.6 Å². The first-order valence-electron chi connectivity index (χ1n) is 4.50. The SMILES string of the molecule is CC(C)[C@H](C)N1C[C@H](O)CC1=O. The molecule has 1 aliphatic rings. The van der Waals surface area contributed by atoms with Crippen molar-refractivity contribution in [3.05, 3.63) is 0 Å². The maximum absolute atomic E-state index is 11.3. The first-order chi connectivity index (χ1) is 5.52. The van der Waals surface area contributed by atoms with Gasteiger partial charge in [0, 0.05) is 12.6 Å². The Morgan fingerprint density at radius 1 is 1.50 bits per heavy atom. The lowest BCUT2D eigenvalue weighted by Gasteiger charge is -2.27. The second-order valence-corrected chi connectivity index (χ2v) is 3.89. The molecule has 1 fully saturated rings. The van der Waals surface area contributed by atoms with Gasteiger partial charge in [0.15, 0.2) is 0 Å². The second-order valence-electron chi connectivity index (χ2n) is 3.89. The largest absolute Gasteiger partial charge is 0.391 e. The summed E-state index contributed by atoms with van der Waals surface area (Å²) in [6.07, 6.45) is -0.143. The molecule has 0 bridgehead atoms. The lowest BCUT2D eigenvalue weighted by Crippen LogP contribution is -2.38. The van der Waals surface area contributed by atoms with Crippen molar-refractivity contribution in [2.24, 2.45) is 5.92 Å². The molecule has 0 aliphatic carbocycles. The Hall–Kier alpha value is -0.570. The lowest BCUT2D eigenvalue weighted by molar-refractivity contribution is -0.130. The van der Waals surface area contributed by atoms with Gasteiger partial charge in [0.25, 0.3) is 0 Å². The first kappa shape index (κ1) is 9.52. The highest BCUT2D eigenvalue weighted by Crippen LogP contribution is 2.18. The van der Waals surface area contributed by atoms with E-state index in [2.05, 4.69) is 13.8 Å². The van der Waals surface area contributed by atoms with E-state index in [9.17, 15) is 9.90 Å². The first-order valence-corrected chi connectivity index (χ1v) is 4.50. The van der Waals surface area contributed by atoms with Crippen LogP contribution < -0.4 is 0 Å². The van der Waals surface area contributed by atoms with Crippen LogP contribution in [0.1, 0.15) is 27.2 Å². The van der Waals surface area contributed by atoms with Crippen LogP contribution in [0.4, 0.5) is 0 Å². The Kier molecular flexibility index (Phi) is 2.73. The molecule has 1 amide bonds. The monoisotopic (exact) mass is 171 g/mol. The van der Waals surface area contributed by atoms with Crippen molar-refractivity contribution in [2.75, 3.05) is 6.54 Å². The summed E-state index contributed by atoms with van der Waals surface area (Å²) in [7, 11) is 0. The molecule has 1 N–H and O–H groups in total. The normalized spacial score (nSPS) is 26.9. The number of rotatable bonds is 2. The van der Waals surface area contributed by atoms with E-state index in [1.54, 1.807) is 4.90 Å². The van der Waals surface area contributed by atoms with Crippen molar-refractivity contribution < 1.29 is 9.90 Å². The van der Waals surface area contributed by atoms with Gasteiger partial charge < -0.3 is 10.0 Å². The van der Waals surface area contributed by atoms with Crippen molar-refractivity contribution in [2.45, 2.75) is 39.3 Å². The van der Waals surface area contributed by atoms with Crippen LogP contribution in [0.3, 0.4) is 0 Å². The van der Waals surface area contributed by atoms with Gasteiger partial charge >= 0.3 is 0 Å². The van der Waals surface area contributed by atoms with Gasteiger partial charge in [-0.2, -0.15) is 0 Å². The Labute approximate surface area is 73.4 Å². The summed E-state index contributed by atoms with van der Waals surface area (Å²) >= 11 is 0. The summed E-state index contributed by atoms with van der Waals surface area (Å²) in [5, 5.41) is 9.24. The molecule has 0 aromatic heterocycles. The molecule has 3 heteroatoms. The van der Waals surface area contributed by atoms with Gasteiger partial charge in [-0.25, -0.2) is 0 Å². The fraction of sp³-hybridized carbons (Fsp3) is 0.889. The van der Waals surface area contributed by atoms with Gasteiger partial charge in [-0.15, -0.1) is 0 Å². The third kappa shape index (κ3) is 1.78. The van der Waals surface area contributed by atoms with Gasteiger partial charge in [-0.1, -0.05) is 13.8 Å². The van der Waals surface area contributed by atoms with Gasteiger partial charge in [-0.05, 0) is 12.8 Å². The highest BCUT2D eigenvalue weighted by molar-refractivity contribution is 5.79. The summed E-state index contributed by atoms with van der Waals surface area (Å²) in [6, 6.07) is 0.245. The predicted octanol–water partition coefficient (Wildman–Crippen LogP) is 0.624. The molecule has 1 aliphatic heterocycles. The molecule has 0 saturated carbocycles. The Balaban J connectivity index is 2.58. The standard InChI is InChI=1S/C9H17NO2/c1-6(2)7(3)10-5-8(11)4-9(10)12/h6-8,11H,4-5H2,1-3H3/t7-,8+/m0/s1. The van der Waals surface area contributed by atoms with Crippen molar-refractivity contribution in [3.8, 4) is 0 Å². The maximum Gasteiger partial charge on any atom is 0.225 e. The molecule has 12 heavy (non-hydrogen) atoms. The smallest absolute Gasteiger partial charge is 0.225 e. The molecular weight excluding hydrogens is 154 g/mol. The number of likely N-dealkylation sites (tertiary alicyclic amines) is 1. The zero-order valence-corrected chi connectivity index (χ0v) is 7.95. The van der Waals surface area contributed by atoms with Crippen LogP contribution in [-0.2, 0) is 4.79 Å². The molecule has 1 heterocycles.